The van der Waals surface area contributed by atoms with Crippen molar-refractivity contribution in [3.05, 3.63) is 68.7 Å². The molecule has 3 N–H and O–H groups in total. The summed E-state index contributed by atoms with van der Waals surface area (Å²) in [5.41, 5.74) is 3.41. The van der Waals surface area contributed by atoms with Crippen LogP contribution in [0, 0.1) is 3.57 Å². The van der Waals surface area contributed by atoms with Crippen molar-refractivity contribution in [1.29, 1.82) is 0 Å². The van der Waals surface area contributed by atoms with Crippen LogP contribution >= 0.6 is 22.6 Å². The number of aryl methyl sites for hydroxylation is 1. The average molecular weight is 518 g/mol. The number of pyridine rings is 1. The van der Waals surface area contributed by atoms with Gasteiger partial charge in [0.15, 0.2) is 11.6 Å². The molecule has 3 aromatic heterocycles. The molecular weight excluding hydrogens is 495 g/mol. The molecule has 0 aromatic carbocycles. The molecule has 0 radical (unpaired) electrons. The van der Waals surface area contributed by atoms with Gasteiger partial charge in [0.1, 0.15) is 12.1 Å². The number of carbonyl (C=O) groups excluding carboxylic acids is 1. The number of fused-ring (bicyclic) bond motifs is 1. The number of nitrogens with one attached hydrogen (secondary N) is 3. The number of nitrogens with zero attached hydrogens (tertiary/aromatic N) is 3. The van der Waals surface area contributed by atoms with Crippen molar-refractivity contribution in [1.82, 2.24) is 30.6 Å². The number of hydrogen-bond donors (Lipinski definition) is 3. The maximum Gasteiger partial charge on any atom is 0.273 e. The summed E-state index contributed by atoms with van der Waals surface area (Å²) in [4.78, 5) is 28.8. The number of oxazole rings is 1. The van der Waals surface area contributed by atoms with Crippen LogP contribution < -0.4 is 10.6 Å². The van der Waals surface area contributed by atoms with Crippen molar-refractivity contribution < 1.29 is 9.21 Å². The highest BCUT2D eigenvalue weighted by molar-refractivity contribution is 14.1. The van der Waals surface area contributed by atoms with Gasteiger partial charge in [-0.25, -0.2) is 9.97 Å². The summed E-state index contributed by atoms with van der Waals surface area (Å²) >= 11 is 2.20. The van der Waals surface area contributed by atoms with E-state index in [9.17, 15) is 4.79 Å². The molecule has 0 unspecified atom stereocenters. The Labute approximate surface area is 188 Å². The van der Waals surface area contributed by atoms with E-state index in [2.05, 4.69) is 65.3 Å². The van der Waals surface area contributed by atoms with E-state index in [1.165, 1.54) is 6.26 Å². The lowest BCUT2D eigenvalue weighted by atomic mass is 10.1. The van der Waals surface area contributed by atoms with Gasteiger partial charge in [-0.15, -0.1) is 0 Å². The number of rotatable bonds is 9. The van der Waals surface area contributed by atoms with E-state index in [1.54, 1.807) is 6.20 Å². The van der Waals surface area contributed by atoms with E-state index in [0.29, 0.717) is 25.4 Å². The van der Waals surface area contributed by atoms with Crippen molar-refractivity contribution in [3.63, 3.8) is 0 Å². The van der Waals surface area contributed by atoms with Gasteiger partial charge in [0.25, 0.3) is 5.91 Å². The first-order valence-electron chi connectivity index (χ1n) is 9.96. The molecule has 9 heteroatoms. The minimum atomic E-state index is -0.268. The first kappa shape index (κ1) is 20.7. The lowest BCUT2D eigenvalue weighted by Gasteiger charge is -2.04. The highest BCUT2D eigenvalue weighted by atomic mass is 127. The van der Waals surface area contributed by atoms with Crippen LogP contribution in [0.4, 0.5) is 0 Å². The Morgan fingerprint density at radius 3 is 3.03 bits per heavy atom. The predicted octanol–water partition coefficient (Wildman–Crippen LogP) is 2.66. The summed E-state index contributed by atoms with van der Waals surface area (Å²) in [5.74, 6) is 1.28. The number of H-pyrrole nitrogens is 1. The standard InChI is InChI=1S/C21H23IN6O2/c22-14-4-3-9-24-17(14)12-25-21(29)18-13-30-20(28-18)8-11-23-10-7-19-26-15-5-1-2-6-16(15)27-19/h1,3-5,9,13,23H,2,6-8,10-12H2,(H,25,29)(H,26,27). The fourth-order valence-electron chi connectivity index (χ4n) is 3.21. The van der Waals surface area contributed by atoms with Gasteiger partial charge in [-0.2, -0.15) is 0 Å². The number of aromatic amines is 1. The summed E-state index contributed by atoms with van der Waals surface area (Å²) in [6.07, 6.45) is 10.9. The van der Waals surface area contributed by atoms with E-state index in [4.69, 9.17) is 4.42 Å². The first-order valence-corrected chi connectivity index (χ1v) is 11.0. The zero-order valence-electron chi connectivity index (χ0n) is 16.4. The van der Waals surface area contributed by atoms with Crippen LogP contribution in [0.2, 0.25) is 0 Å². The van der Waals surface area contributed by atoms with E-state index >= 15 is 0 Å². The summed E-state index contributed by atoms with van der Waals surface area (Å²) < 4.78 is 6.43. The number of carbonyl (C=O) groups is 1. The van der Waals surface area contributed by atoms with Crippen LogP contribution in [-0.2, 0) is 25.8 Å². The topological polar surface area (TPSA) is 109 Å². The molecule has 4 rings (SSSR count). The van der Waals surface area contributed by atoms with Gasteiger partial charge in [-0.1, -0.05) is 6.08 Å². The largest absolute Gasteiger partial charge is 0.448 e. The van der Waals surface area contributed by atoms with Gasteiger partial charge in [-0.3, -0.25) is 9.78 Å². The summed E-state index contributed by atoms with van der Waals surface area (Å²) in [7, 11) is 0. The van der Waals surface area contributed by atoms with Crippen LogP contribution in [0.3, 0.4) is 0 Å². The van der Waals surface area contributed by atoms with Gasteiger partial charge in [0.05, 0.1) is 23.6 Å². The molecule has 0 atom stereocenters. The third kappa shape index (κ3) is 5.33. The van der Waals surface area contributed by atoms with Crippen LogP contribution in [-0.4, -0.2) is 38.9 Å². The third-order valence-electron chi connectivity index (χ3n) is 4.78. The minimum Gasteiger partial charge on any atom is -0.448 e. The lowest BCUT2D eigenvalue weighted by molar-refractivity contribution is 0.0945. The highest BCUT2D eigenvalue weighted by Gasteiger charge is 2.13. The molecular formula is C21H23IN6O2. The molecule has 0 saturated carbocycles. The van der Waals surface area contributed by atoms with E-state index in [-0.39, 0.29) is 11.6 Å². The molecule has 0 aliphatic heterocycles. The number of allylic oxidation sites excluding steroid dienone is 1. The second-order valence-corrected chi connectivity index (χ2v) is 8.14. The summed E-state index contributed by atoms with van der Waals surface area (Å²) in [6, 6.07) is 3.82. The minimum absolute atomic E-state index is 0.268. The lowest BCUT2D eigenvalue weighted by Crippen LogP contribution is -2.24. The molecule has 1 amide bonds. The quantitative estimate of drug-likeness (QED) is 0.297. The molecule has 8 nitrogen and oxygen atoms in total. The second kappa shape index (κ2) is 9.98. The molecule has 156 valence electrons. The molecule has 3 aromatic rings. The Morgan fingerprint density at radius 2 is 2.17 bits per heavy atom. The summed E-state index contributed by atoms with van der Waals surface area (Å²) in [6.45, 7) is 1.88. The van der Waals surface area contributed by atoms with Crippen LogP contribution in [0.15, 0.2) is 35.1 Å². The SMILES string of the molecule is O=C(NCc1ncccc1I)c1coc(CCNCCc2nc3c([nH]2)C=CCC3)n1. The zero-order chi connectivity index (χ0) is 20.8. The van der Waals surface area contributed by atoms with Crippen molar-refractivity contribution in [3.8, 4) is 0 Å². The number of amides is 1. The number of imidazole rings is 1. The maximum atomic E-state index is 12.3. The van der Waals surface area contributed by atoms with E-state index < -0.39 is 0 Å². The van der Waals surface area contributed by atoms with Crippen molar-refractivity contribution in [2.24, 2.45) is 0 Å². The van der Waals surface area contributed by atoms with Crippen LogP contribution in [0.5, 0.6) is 0 Å². The van der Waals surface area contributed by atoms with Gasteiger partial charge >= 0.3 is 0 Å². The Kier molecular flexibility index (Phi) is 6.90. The van der Waals surface area contributed by atoms with Crippen molar-refractivity contribution in [2.75, 3.05) is 13.1 Å². The highest BCUT2D eigenvalue weighted by Crippen LogP contribution is 2.16. The fourth-order valence-corrected chi connectivity index (χ4v) is 3.74. The van der Waals surface area contributed by atoms with E-state index in [0.717, 1.165) is 52.3 Å². The van der Waals surface area contributed by atoms with Gasteiger partial charge in [-0.05, 0) is 53.6 Å². The van der Waals surface area contributed by atoms with Crippen molar-refractivity contribution >= 4 is 34.6 Å². The normalized spacial score (nSPS) is 12.7. The molecule has 1 aliphatic carbocycles. The molecule has 1 aliphatic rings. The van der Waals surface area contributed by atoms with E-state index in [1.807, 2.05) is 12.1 Å². The maximum absolute atomic E-state index is 12.3. The monoisotopic (exact) mass is 518 g/mol. The van der Waals surface area contributed by atoms with Crippen LogP contribution in [0.25, 0.3) is 6.08 Å². The third-order valence-corrected chi connectivity index (χ3v) is 5.76. The molecule has 3 heterocycles. The van der Waals surface area contributed by atoms with Crippen LogP contribution in [0.1, 0.15) is 45.7 Å². The Bertz CT molecular complexity index is 1040. The first-order chi connectivity index (χ1) is 14.7. The predicted molar refractivity (Wildman–Crippen MR) is 121 cm³/mol. The summed E-state index contributed by atoms with van der Waals surface area (Å²) in [5, 5.41) is 6.19. The molecule has 30 heavy (non-hydrogen) atoms. The van der Waals surface area contributed by atoms with Gasteiger partial charge < -0.3 is 20.0 Å². The molecule has 0 bridgehead atoms. The number of aromatic nitrogens is 4. The smallest absolute Gasteiger partial charge is 0.273 e. The number of hydrogen-bond acceptors (Lipinski definition) is 6. The molecule has 0 fully saturated rings. The molecule has 0 saturated heterocycles. The average Bonchev–Trinajstić information content (AvgIpc) is 3.39. The van der Waals surface area contributed by atoms with Gasteiger partial charge in [0, 0.05) is 35.7 Å². The zero-order valence-corrected chi connectivity index (χ0v) is 18.6. The Morgan fingerprint density at radius 1 is 1.27 bits per heavy atom. The second-order valence-electron chi connectivity index (χ2n) is 6.98. The number of halogens is 1. The molecule has 0 spiro atoms. The van der Waals surface area contributed by atoms with Crippen molar-refractivity contribution in [2.45, 2.75) is 32.2 Å². The Balaban J connectivity index is 1.17. The van der Waals surface area contributed by atoms with Gasteiger partial charge in [0.2, 0.25) is 0 Å². The Hall–Kier alpha value is -2.53. The fraction of sp³-hybridized carbons (Fsp3) is 0.333.